The zero-order valence-electron chi connectivity index (χ0n) is 10.8. The smallest absolute Gasteiger partial charge is 0.324 e. The zero-order chi connectivity index (χ0) is 15.4. The van der Waals surface area contributed by atoms with E-state index in [9.17, 15) is 13.2 Å². The van der Waals surface area contributed by atoms with E-state index in [4.69, 9.17) is 15.4 Å². The average molecular weight is 299 g/mol. The Balaban J connectivity index is 0.000000204. The van der Waals surface area contributed by atoms with Gasteiger partial charge in [0.05, 0.1) is 0 Å². The number of carboxylic acids is 1. The van der Waals surface area contributed by atoms with E-state index in [1.54, 1.807) is 36.4 Å². The van der Waals surface area contributed by atoms with E-state index in [-0.39, 0.29) is 11.7 Å². The molecular weight excluding hydrogens is 282 g/mol. The van der Waals surface area contributed by atoms with Gasteiger partial charge in [0.1, 0.15) is 11.3 Å². The molecule has 0 saturated heterocycles. The van der Waals surface area contributed by atoms with Crippen LogP contribution in [0.1, 0.15) is 12.0 Å². The van der Waals surface area contributed by atoms with E-state index >= 15 is 0 Å². The molecular formula is C13H17NO5S. The summed E-state index contributed by atoms with van der Waals surface area (Å²) in [6.45, 7) is 3.46. The number of hydrogen-bond donors (Lipinski definition) is 3. The number of hydrogen-bond acceptors (Lipinski definition) is 4. The minimum atomic E-state index is -3.88. The molecule has 1 aliphatic rings. The molecule has 2 atom stereocenters. The molecule has 1 fully saturated rings. The summed E-state index contributed by atoms with van der Waals surface area (Å²) >= 11 is 0. The molecule has 0 unspecified atom stereocenters. The van der Waals surface area contributed by atoms with E-state index < -0.39 is 21.6 Å². The number of carboxylic acid groups (broad SMARTS) is 1. The molecule has 7 heteroatoms. The number of benzene rings is 1. The Hall–Kier alpha value is -1.70. The summed E-state index contributed by atoms with van der Waals surface area (Å²) in [6, 6.07) is 8.52. The van der Waals surface area contributed by atoms with Gasteiger partial charge in [-0.15, -0.1) is 6.58 Å². The van der Waals surface area contributed by atoms with Crippen LogP contribution in [0.3, 0.4) is 0 Å². The molecule has 0 amide bonds. The van der Waals surface area contributed by atoms with E-state index in [0.717, 1.165) is 0 Å². The van der Waals surface area contributed by atoms with Gasteiger partial charge < -0.3 is 10.8 Å². The first-order chi connectivity index (χ1) is 9.19. The maximum atomic E-state index is 10.4. The largest absolute Gasteiger partial charge is 0.480 e. The van der Waals surface area contributed by atoms with Gasteiger partial charge >= 0.3 is 5.97 Å². The van der Waals surface area contributed by atoms with Gasteiger partial charge in [-0.1, -0.05) is 36.4 Å². The van der Waals surface area contributed by atoms with Gasteiger partial charge in [-0.25, -0.2) is 0 Å². The van der Waals surface area contributed by atoms with Crippen molar-refractivity contribution in [2.75, 3.05) is 0 Å². The lowest BCUT2D eigenvalue weighted by Gasteiger charge is -1.99. The summed E-state index contributed by atoms with van der Waals surface area (Å²) < 4.78 is 29.2. The van der Waals surface area contributed by atoms with Crippen molar-refractivity contribution in [2.45, 2.75) is 17.7 Å². The summed E-state index contributed by atoms with van der Waals surface area (Å²) in [5.41, 5.74) is 4.98. The fraction of sp³-hybridized carbons (Fsp3) is 0.308. The second-order valence-corrected chi connectivity index (χ2v) is 6.06. The predicted octanol–water partition coefficient (Wildman–Crippen LogP) is 1.05. The van der Waals surface area contributed by atoms with Gasteiger partial charge in [0.25, 0.3) is 10.1 Å². The van der Waals surface area contributed by atoms with Crippen molar-refractivity contribution < 1.29 is 22.9 Å². The van der Waals surface area contributed by atoms with Gasteiger partial charge in [-0.3, -0.25) is 9.35 Å². The molecule has 2 rings (SSSR count). The van der Waals surface area contributed by atoms with Crippen LogP contribution in [-0.2, 0) is 20.7 Å². The molecule has 6 nitrogen and oxygen atoms in total. The first-order valence-electron chi connectivity index (χ1n) is 5.83. The molecule has 110 valence electrons. The SMILES string of the molecule is C=C[C@@H]1C[C@]1(N)C(=O)O.O=S(=O)(O)Cc1ccccc1. The Morgan fingerprint density at radius 1 is 1.45 bits per heavy atom. The lowest BCUT2D eigenvalue weighted by Crippen LogP contribution is -2.34. The summed E-state index contributed by atoms with van der Waals surface area (Å²) in [4.78, 5) is 10.3. The lowest BCUT2D eigenvalue weighted by atomic mass is 10.2. The molecule has 0 heterocycles. The summed E-state index contributed by atoms with van der Waals surface area (Å²) in [7, 11) is -3.88. The lowest BCUT2D eigenvalue weighted by molar-refractivity contribution is -0.139. The Labute approximate surface area is 117 Å². The Kier molecular flexibility index (Phi) is 5.04. The zero-order valence-corrected chi connectivity index (χ0v) is 11.6. The maximum absolute atomic E-state index is 10.4. The van der Waals surface area contributed by atoms with Crippen LogP contribution >= 0.6 is 0 Å². The third-order valence-corrected chi connectivity index (χ3v) is 3.63. The molecule has 0 spiro atoms. The van der Waals surface area contributed by atoms with Crippen LogP contribution in [0, 0.1) is 5.92 Å². The van der Waals surface area contributed by atoms with Crippen LogP contribution in [-0.4, -0.2) is 29.6 Å². The normalized spacial score (nSPS) is 24.2. The highest BCUT2D eigenvalue weighted by atomic mass is 32.2. The van der Waals surface area contributed by atoms with Crippen molar-refractivity contribution in [2.24, 2.45) is 11.7 Å². The minimum absolute atomic E-state index is 0.0185. The summed E-state index contributed by atoms with van der Waals surface area (Å²) in [6.07, 6.45) is 2.12. The standard InChI is InChI=1S/C7H8O3S.C6H9NO2/c8-11(9,10)6-7-4-2-1-3-5-7;1-2-4-3-6(4,7)5(8)9/h1-5H,6H2,(H,8,9,10);2,4H,1,3,7H2,(H,8,9)/t;4-,6-/m.1/s1. The fourth-order valence-electron chi connectivity index (χ4n) is 1.63. The molecule has 0 aliphatic heterocycles. The first-order valence-corrected chi connectivity index (χ1v) is 7.44. The summed E-state index contributed by atoms with van der Waals surface area (Å²) in [5, 5.41) is 8.44. The van der Waals surface area contributed by atoms with Crippen molar-refractivity contribution in [1.82, 2.24) is 0 Å². The number of carbonyl (C=O) groups is 1. The van der Waals surface area contributed by atoms with Crippen LogP contribution in [0.25, 0.3) is 0 Å². The minimum Gasteiger partial charge on any atom is -0.480 e. The van der Waals surface area contributed by atoms with E-state index in [1.807, 2.05) is 0 Å². The van der Waals surface area contributed by atoms with Gasteiger partial charge in [0.2, 0.25) is 0 Å². The molecule has 1 aromatic carbocycles. The van der Waals surface area contributed by atoms with Gasteiger partial charge in [0, 0.05) is 5.92 Å². The van der Waals surface area contributed by atoms with Crippen molar-refractivity contribution in [1.29, 1.82) is 0 Å². The molecule has 1 aliphatic carbocycles. The maximum Gasteiger partial charge on any atom is 0.324 e. The van der Waals surface area contributed by atoms with Crippen LogP contribution in [0.15, 0.2) is 43.0 Å². The Bertz CT molecular complexity index is 584. The van der Waals surface area contributed by atoms with E-state index in [0.29, 0.717) is 12.0 Å². The van der Waals surface area contributed by atoms with Crippen molar-refractivity contribution >= 4 is 16.1 Å². The third kappa shape index (κ3) is 4.76. The molecule has 0 bridgehead atoms. The van der Waals surface area contributed by atoms with Gasteiger partial charge in [-0.05, 0) is 12.0 Å². The molecule has 0 radical (unpaired) electrons. The van der Waals surface area contributed by atoms with Crippen molar-refractivity contribution in [3.05, 3.63) is 48.6 Å². The number of rotatable bonds is 4. The predicted molar refractivity (Wildman–Crippen MR) is 74.6 cm³/mol. The second kappa shape index (κ2) is 6.17. The molecule has 4 N–H and O–H groups in total. The monoisotopic (exact) mass is 299 g/mol. The van der Waals surface area contributed by atoms with Crippen molar-refractivity contribution in [3.8, 4) is 0 Å². The van der Waals surface area contributed by atoms with Gasteiger partial charge in [-0.2, -0.15) is 8.42 Å². The van der Waals surface area contributed by atoms with Crippen molar-refractivity contribution in [3.63, 3.8) is 0 Å². The van der Waals surface area contributed by atoms with E-state index in [2.05, 4.69) is 6.58 Å². The highest BCUT2D eigenvalue weighted by Gasteiger charge is 2.55. The second-order valence-electron chi connectivity index (χ2n) is 4.60. The summed E-state index contributed by atoms with van der Waals surface area (Å²) in [5.74, 6) is -1.25. The Morgan fingerprint density at radius 2 is 2.00 bits per heavy atom. The molecule has 20 heavy (non-hydrogen) atoms. The molecule has 1 saturated carbocycles. The first kappa shape index (κ1) is 16.4. The third-order valence-electron chi connectivity index (χ3n) is 2.93. The quantitative estimate of drug-likeness (QED) is 0.565. The topological polar surface area (TPSA) is 118 Å². The highest BCUT2D eigenvalue weighted by molar-refractivity contribution is 7.85. The molecule has 1 aromatic rings. The van der Waals surface area contributed by atoms with Gasteiger partial charge in [0.15, 0.2) is 0 Å². The number of aliphatic carboxylic acids is 1. The van der Waals surface area contributed by atoms with Crippen LogP contribution in [0.4, 0.5) is 0 Å². The van der Waals surface area contributed by atoms with E-state index in [1.165, 1.54) is 0 Å². The van der Waals surface area contributed by atoms with Crippen LogP contribution < -0.4 is 5.73 Å². The van der Waals surface area contributed by atoms with Crippen LogP contribution in [0.5, 0.6) is 0 Å². The molecule has 0 aromatic heterocycles. The number of nitrogens with two attached hydrogens (primary N) is 1. The highest BCUT2D eigenvalue weighted by Crippen LogP contribution is 2.41. The average Bonchev–Trinajstić information content (AvgIpc) is 3.02. The van der Waals surface area contributed by atoms with Crippen LogP contribution in [0.2, 0.25) is 0 Å². The Morgan fingerprint density at radius 3 is 2.30 bits per heavy atom. The fourth-order valence-corrected chi connectivity index (χ4v) is 2.24.